The van der Waals surface area contributed by atoms with E-state index in [0.29, 0.717) is 10.8 Å². The van der Waals surface area contributed by atoms with Crippen molar-refractivity contribution < 1.29 is 9.59 Å². The third-order valence-corrected chi connectivity index (χ3v) is 5.08. The van der Waals surface area contributed by atoms with Gasteiger partial charge in [-0.25, -0.2) is 4.79 Å². The zero-order valence-electron chi connectivity index (χ0n) is 16.5. The van der Waals surface area contributed by atoms with Gasteiger partial charge in [0.15, 0.2) is 0 Å². The van der Waals surface area contributed by atoms with E-state index in [-0.39, 0.29) is 11.8 Å². The van der Waals surface area contributed by atoms with E-state index in [2.05, 4.69) is 26.1 Å². The lowest BCUT2D eigenvalue weighted by Crippen LogP contribution is -2.48. The molecule has 0 saturated heterocycles. The number of aromatic nitrogens is 2. The number of carbonyl (C=O) groups is 2. The molecule has 8 heteroatoms. The molecule has 3 amide bonds. The van der Waals surface area contributed by atoms with Gasteiger partial charge in [-0.15, -0.1) is 10.2 Å². The van der Waals surface area contributed by atoms with Gasteiger partial charge in [-0.05, 0) is 31.0 Å². The molecule has 0 fully saturated rings. The van der Waals surface area contributed by atoms with Crippen molar-refractivity contribution in [2.45, 2.75) is 26.8 Å². The predicted octanol–water partition coefficient (Wildman–Crippen LogP) is 4.30. The number of nitrogens with zero attached hydrogens (tertiary/aromatic N) is 2. The summed E-state index contributed by atoms with van der Waals surface area (Å²) in [5, 5.41) is 17.5. The molecular weight excluding hydrogens is 386 g/mol. The van der Waals surface area contributed by atoms with Gasteiger partial charge < -0.3 is 10.6 Å². The van der Waals surface area contributed by atoms with Crippen molar-refractivity contribution in [1.29, 1.82) is 0 Å². The lowest BCUT2D eigenvalue weighted by Gasteiger charge is -2.21. The van der Waals surface area contributed by atoms with Crippen LogP contribution in [0.2, 0.25) is 0 Å². The minimum atomic E-state index is -0.718. The quantitative estimate of drug-likeness (QED) is 0.566. The van der Waals surface area contributed by atoms with Crippen LogP contribution >= 0.6 is 11.3 Å². The van der Waals surface area contributed by atoms with E-state index < -0.39 is 12.1 Å². The fourth-order valence-corrected chi connectivity index (χ4v) is 3.46. The molecule has 0 aliphatic heterocycles. The summed E-state index contributed by atoms with van der Waals surface area (Å²) >= 11 is 1.29. The number of anilines is 2. The number of hydrogen-bond donors (Lipinski definition) is 3. The molecule has 0 saturated carbocycles. The molecule has 29 heavy (non-hydrogen) atoms. The molecule has 7 nitrogen and oxygen atoms in total. The number of rotatable bonds is 6. The van der Waals surface area contributed by atoms with Crippen LogP contribution in [0.25, 0.3) is 10.6 Å². The maximum absolute atomic E-state index is 12.7. The molecule has 0 bridgehead atoms. The first-order valence-corrected chi connectivity index (χ1v) is 10.1. The van der Waals surface area contributed by atoms with Crippen LogP contribution in [0.5, 0.6) is 0 Å². The molecule has 1 atom stereocenters. The zero-order chi connectivity index (χ0) is 20.8. The second-order valence-electron chi connectivity index (χ2n) is 6.96. The SMILES string of the molecule is Cc1cccc(-c2nnc(NC(=O)C(NC(=O)Nc3ccccc3)C(C)C)s2)c1. The number of hydrogen-bond acceptors (Lipinski definition) is 5. The molecule has 0 radical (unpaired) electrons. The fraction of sp³-hybridized carbons (Fsp3) is 0.238. The monoisotopic (exact) mass is 409 g/mol. The summed E-state index contributed by atoms with van der Waals surface area (Å²) in [6, 6.07) is 15.8. The number of para-hydroxylation sites is 1. The summed E-state index contributed by atoms with van der Waals surface area (Å²) in [6.07, 6.45) is 0. The third kappa shape index (κ3) is 5.61. The molecule has 0 spiro atoms. The van der Waals surface area contributed by atoms with Gasteiger partial charge in [0.25, 0.3) is 0 Å². The molecule has 3 aromatic rings. The van der Waals surface area contributed by atoms with E-state index in [1.165, 1.54) is 11.3 Å². The van der Waals surface area contributed by atoms with Crippen LogP contribution < -0.4 is 16.0 Å². The van der Waals surface area contributed by atoms with Crippen LogP contribution in [0.15, 0.2) is 54.6 Å². The lowest BCUT2D eigenvalue weighted by molar-refractivity contribution is -0.118. The van der Waals surface area contributed by atoms with Gasteiger partial charge in [0.2, 0.25) is 11.0 Å². The predicted molar refractivity (Wildman–Crippen MR) is 116 cm³/mol. The molecule has 2 aromatic carbocycles. The van der Waals surface area contributed by atoms with Crippen LogP contribution in [-0.2, 0) is 4.79 Å². The van der Waals surface area contributed by atoms with Gasteiger partial charge in [-0.2, -0.15) is 0 Å². The van der Waals surface area contributed by atoms with Crippen molar-refractivity contribution in [3.05, 3.63) is 60.2 Å². The Bertz CT molecular complexity index is 988. The van der Waals surface area contributed by atoms with Crippen LogP contribution in [0.4, 0.5) is 15.6 Å². The topological polar surface area (TPSA) is 96.0 Å². The number of benzene rings is 2. The summed E-state index contributed by atoms with van der Waals surface area (Å²) in [5.41, 5.74) is 2.72. The summed E-state index contributed by atoms with van der Waals surface area (Å²) in [6.45, 7) is 5.74. The minimum absolute atomic E-state index is 0.110. The number of carbonyl (C=O) groups excluding carboxylic acids is 2. The Kier molecular flexibility index (Phi) is 6.56. The maximum atomic E-state index is 12.7. The Hall–Kier alpha value is -3.26. The maximum Gasteiger partial charge on any atom is 0.319 e. The normalized spacial score (nSPS) is 11.7. The average molecular weight is 410 g/mol. The van der Waals surface area contributed by atoms with Crippen molar-refractivity contribution in [2.24, 2.45) is 5.92 Å². The van der Waals surface area contributed by atoms with Crippen molar-refractivity contribution in [2.75, 3.05) is 10.6 Å². The van der Waals surface area contributed by atoms with Gasteiger partial charge in [-0.3, -0.25) is 10.1 Å². The minimum Gasteiger partial charge on any atom is -0.326 e. The Morgan fingerprint density at radius 2 is 1.72 bits per heavy atom. The average Bonchev–Trinajstić information content (AvgIpc) is 3.15. The molecule has 1 unspecified atom stereocenters. The summed E-state index contributed by atoms with van der Waals surface area (Å²) in [4.78, 5) is 25.0. The van der Waals surface area contributed by atoms with E-state index in [4.69, 9.17) is 0 Å². The van der Waals surface area contributed by atoms with Crippen LogP contribution in [0.3, 0.4) is 0 Å². The van der Waals surface area contributed by atoms with E-state index in [1.54, 1.807) is 12.1 Å². The Morgan fingerprint density at radius 1 is 0.966 bits per heavy atom. The number of urea groups is 1. The first-order valence-electron chi connectivity index (χ1n) is 9.26. The molecule has 150 valence electrons. The number of nitrogens with one attached hydrogen (secondary N) is 3. The Morgan fingerprint density at radius 3 is 2.41 bits per heavy atom. The zero-order valence-corrected chi connectivity index (χ0v) is 17.3. The smallest absolute Gasteiger partial charge is 0.319 e. The second-order valence-corrected chi connectivity index (χ2v) is 7.93. The largest absolute Gasteiger partial charge is 0.326 e. The lowest BCUT2D eigenvalue weighted by atomic mass is 10.0. The van der Waals surface area contributed by atoms with E-state index in [9.17, 15) is 9.59 Å². The molecule has 1 aromatic heterocycles. The summed E-state index contributed by atoms with van der Waals surface area (Å²) in [5.74, 6) is -0.448. The van der Waals surface area contributed by atoms with Crippen LogP contribution in [0.1, 0.15) is 19.4 Å². The van der Waals surface area contributed by atoms with E-state index in [1.807, 2.05) is 63.2 Å². The van der Waals surface area contributed by atoms with Crippen molar-refractivity contribution in [1.82, 2.24) is 15.5 Å². The molecule has 0 aliphatic carbocycles. The van der Waals surface area contributed by atoms with Gasteiger partial charge in [0.05, 0.1) is 0 Å². The highest BCUT2D eigenvalue weighted by Crippen LogP contribution is 2.27. The van der Waals surface area contributed by atoms with Gasteiger partial charge in [-0.1, -0.05) is 67.1 Å². The Balaban J connectivity index is 1.64. The molecule has 3 rings (SSSR count). The number of amides is 3. The van der Waals surface area contributed by atoms with E-state index in [0.717, 1.165) is 16.1 Å². The first kappa shape index (κ1) is 20.5. The summed E-state index contributed by atoms with van der Waals surface area (Å²) in [7, 11) is 0. The van der Waals surface area contributed by atoms with Gasteiger partial charge in [0, 0.05) is 11.3 Å². The van der Waals surface area contributed by atoms with Gasteiger partial charge >= 0.3 is 6.03 Å². The third-order valence-electron chi connectivity index (χ3n) is 4.19. The molecule has 0 aliphatic rings. The van der Waals surface area contributed by atoms with Crippen molar-refractivity contribution >= 4 is 34.1 Å². The van der Waals surface area contributed by atoms with Gasteiger partial charge in [0.1, 0.15) is 11.0 Å². The highest BCUT2D eigenvalue weighted by Gasteiger charge is 2.25. The fourth-order valence-electron chi connectivity index (χ4n) is 2.72. The molecule has 3 N–H and O–H groups in total. The van der Waals surface area contributed by atoms with Crippen LogP contribution in [-0.4, -0.2) is 28.2 Å². The highest BCUT2D eigenvalue weighted by atomic mass is 32.1. The first-order chi connectivity index (χ1) is 13.9. The number of aryl methyl sites for hydroxylation is 1. The van der Waals surface area contributed by atoms with Crippen molar-refractivity contribution in [3.8, 4) is 10.6 Å². The second kappa shape index (κ2) is 9.29. The standard InChI is InChI=1S/C21H23N5O2S/c1-13(2)17(23-20(28)22-16-10-5-4-6-11-16)18(27)24-21-26-25-19(29-21)15-9-7-8-14(3)12-15/h4-13,17H,1-3H3,(H2,22,23,28)(H,24,26,27). The van der Waals surface area contributed by atoms with Crippen molar-refractivity contribution in [3.63, 3.8) is 0 Å². The molecule has 1 heterocycles. The molecular formula is C21H23N5O2S. The van der Waals surface area contributed by atoms with E-state index >= 15 is 0 Å². The highest BCUT2D eigenvalue weighted by molar-refractivity contribution is 7.18. The van der Waals surface area contributed by atoms with Crippen LogP contribution in [0, 0.1) is 12.8 Å². The Labute approximate surface area is 173 Å². The summed E-state index contributed by atoms with van der Waals surface area (Å²) < 4.78 is 0.